The first-order valence-electron chi connectivity index (χ1n) is 8.78. The Labute approximate surface area is 148 Å². The zero-order valence-electron chi connectivity index (χ0n) is 14.7. The minimum Gasteiger partial charge on any atom is -0.489 e. The number of aromatic nitrogens is 2. The average Bonchev–Trinajstić information content (AvgIpc) is 2.63. The van der Waals surface area contributed by atoms with Crippen LogP contribution in [0.25, 0.3) is 0 Å². The standard InChI is InChI=1S/C19H24N4O2/c1-14(2)25-17-9-5-4-8-15(17)21-19-20-11-10-16(22-19)18(24)23-12-6-3-7-13-23/h4-5,8-11,14H,3,6-7,12-13H2,1-2H3,(H,20,21,22). The molecule has 0 atom stereocenters. The molecule has 0 aliphatic carbocycles. The fourth-order valence-electron chi connectivity index (χ4n) is 2.84. The number of likely N-dealkylation sites (tertiary alicyclic amines) is 1. The first kappa shape index (κ1) is 17.2. The highest BCUT2D eigenvalue weighted by Crippen LogP contribution is 2.27. The van der Waals surface area contributed by atoms with E-state index in [-0.39, 0.29) is 12.0 Å². The summed E-state index contributed by atoms with van der Waals surface area (Å²) in [6.45, 7) is 5.56. The molecule has 2 heterocycles. The second kappa shape index (κ2) is 7.96. The van der Waals surface area contributed by atoms with Gasteiger partial charge in [-0.3, -0.25) is 4.79 Å². The van der Waals surface area contributed by atoms with E-state index in [0.717, 1.165) is 37.4 Å². The number of hydrogen-bond donors (Lipinski definition) is 1. The number of piperidine rings is 1. The molecule has 1 amide bonds. The molecule has 6 heteroatoms. The van der Waals surface area contributed by atoms with Gasteiger partial charge < -0.3 is 15.0 Å². The van der Waals surface area contributed by atoms with Crippen molar-refractivity contribution >= 4 is 17.5 Å². The van der Waals surface area contributed by atoms with Crippen molar-refractivity contribution < 1.29 is 9.53 Å². The molecular weight excluding hydrogens is 316 g/mol. The number of rotatable bonds is 5. The molecule has 1 aliphatic rings. The van der Waals surface area contributed by atoms with E-state index in [1.807, 2.05) is 43.0 Å². The molecule has 1 aliphatic heterocycles. The molecule has 0 unspecified atom stereocenters. The van der Waals surface area contributed by atoms with Gasteiger partial charge in [0.25, 0.3) is 5.91 Å². The van der Waals surface area contributed by atoms with E-state index in [9.17, 15) is 4.79 Å². The molecule has 0 spiro atoms. The van der Waals surface area contributed by atoms with Crippen molar-refractivity contribution in [3.63, 3.8) is 0 Å². The molecule has 132 valence electrons. The number of carbonyl (C=O) groups is 1. The Morgan fingerprint density at radius 1 is 1.16 bits per heavy atom. The maximum Gasteiger partial charge on any atom is 0.272 e. The van der Waals surface area contributed by atoms with Gasteiger partial charge in [-0.05, 0) is 51.3 Å². The van der Waals surface area contributed by atoms with Crippen molar-refractivity contribution in [2.75, 3.05) is 18.4 Å². The van der Waals surface area contributed by atoms with Gasteiger partial charge in [-0.15, -0.1) is 0 Å². The van der Waals surface area contributed by atoms with Crippen LogP contribution in [-0.4, -0.2) is 40.0 Å². The number of benzene rings is 1. The lowest BCUT2D eigenvalue weighted by atomic mass is 10.1. The highest BCUT2D eigenvalue weighted by atomic mass is 16.5. The Balaban J connectivity index is 1.77. The summed E-state index contributed by atoms with van der Waals surface area (Å²) < 4.78 is 5.80. The Kier molecular flexibility index (Phi) is 5.48. The summed E-state index contributed by atoms with van der Waals surface area (Å²) in [7, 11) is 0. The van der Waals surface area contributed by atoms with Crippen LogP contribution in [0, 0.1) is 0 Å². The SMILES string of the molecule is CC(C)Oc1ccccc1Nc1nccc(C(=O)N2CCCCC2)n1. The summed E-state index contributed by atoms with van der Waals surface area (Å²) in [4.78, 5) is 23.1. The van der Waals surface area contributed by atoms with Gasteiger partial charge in [-0.1, -0.05) is 12.1 Å². The molecule has 0 saturated carbocycles. The van der Waals surface area contributed by atoms with Crippen molar-refractivity contribution in [1.82, 2.24) is 14.9 Å². The Hall–Kier alpha value is -2.63. The minimum atomic E-state index is -0.0307. The van der Waals surface area contributed by atoms with Gasteiger partial charge in [-0.25, -0.2) is 9.97 Å². The lowest BCUT2D eigenvalue weighted by Gasteiger charge is -2.26. The van der Waals surface area contributed by atoms with E-state index in [1.54, 1.807) is 12.3 Å². The molecule has 3 rings (SSSR count). The molecule has 2 aromatic rings. The van der Waals surface area contributed by atoms with Crippen LogP contribution in [0.15, 0.2) is 36.5 Å². The molecule has 0 bridgehead atoms. The third-order valence-electron chi connectivity index (χ3n) is 4.01. The molecular formula is C19H24N4O2. The minimum absolute atomic E-state index is 0.0307. The zero-order chi connectivity index (χ0) is 17.6. The van der Waals surface area contributed by atoms with Crippen LogP contribution >= 0.6 is 0 Å². The number of hydrogen-bond acceptors (Lipinski definition) is 5. The summed E-state index contributed by atoms with van der Waals surface area (Å²) in [5.41, 5.74) is 1.19. The fraction of sp³-hybridized carbons (Fsp3) is 0.421. The second-order valence-electron chi connectivity index (χ2n) is 6.41. The third-order valence-corrected chi connectivity index (χ3v) is 4.01. The normalized spacial score (nSPS) is 14.4. The van der Waals surface area contributed by atoms with Gasteiger partial charge in [0.2, 0.25) is 5.95 Å². The molecule has 6 nitrogen and oxygen atoms in total. The molecule has 1 fully saturated rings. The predicted octanol–water partition coefficient (Wildman–Crippen LogP) is 3.63. The summed E-state index contributed by atoms with van der Waals surface area (Å²) >= 11 is 0. The lowest BCUT2D eigenvalue weighted by molar-refractivity contribution is 0.0718. The lowest BCUT2D eigenvalue weighted by Crippen LogP contribution is -2.36. The van der Waals surface area contributed by atoms with Crippen LogP contribution < -0.4 is 10.1 Å². The zero-order valence-corrected chi connectivity index (χ0v) is 14.7. The quantitative estimate of drug-likeness (QED) is 0.900. The largest absolute Gasteiger partial charge is 0.489 e. The van der Waals surface area contributed by atoms with Crippen molar-refractivity contribution in [2.45, 2.75) is 39.2 Å². The number of amides is 1. The number of nitrogens with one attached hydrogen (secondary N) is 1. The first-order valence-corrected chi connectivity index (χ1v) is 8.78. The summed E-state index contributed by atoms with van der Waals surface area (Å²) in [6, 6.07) is 9.29. The summed E-state index contributed by atoms with van der Waals surface area (Å²) in [5.74, 6) is 1.09. The molecule has 25 heavy (non-hydrogen) atoms. The summed E-state index contributed by atoms with van der Waals surface area (Å²) in [6.07, 6.45) is 4.98. The Morgan fingerprint density at radius 3 is 2.68 bits per heavy atom. The number of anilines is 2. The van der Waals surface area contributed by atoms with E-state index >= 15 is 0 Å². The highest BCUT2D eigenvalue weighted by Gasteiger charge is 2.19. The van der Waals surface area contributed by atoms with Crippen molar-refractivity contribution in [3.05, 3.63) is 42.2 Å². The fourth-order valence-corrected chi connectivity index (χ4v) is 2.84. The molecule has 1 aromatic carbocycles. The van der Waals surface area contributed by atoms with E-state index in [4.69, 9.17) is 4.74 Å². The van der Waals surface area contributed by atoms with Crippen LogP contribution in [0.1, 0.15) is 43.6 Å². The van der Waals surface area contributed by atoms with Gasteiger partial charge in [0, 0.05) is 19.3 Å². The van der Waals surface area contributed by atoms with Gasteiger partial charge in [-0.2, -0.15) is 0 Å². The Bertz CT molecular complexity index is 727. The van der Waals surface area contributed by atoms with Gasteiger partial charge in [0.05, 0.1) is 11.8 Å². The third kappa shape index (κ3) is 4.47. The summed E-state index contributed by atoms with van der Waals surface area (Å²) in [5, 5.41) is 3.16. The van der Waals surface area contributed by atoms with Crippen LogP contribution in [0.3, 0.4) is 0 Å². The average molecular weight is 340 g/mol. The van der Waals surface area contributed by atoms with E-state index < -0.39 is 0 Å². The van der Waals surface area contributed by atoms with Crippen LogP contribution in [-0.2, 0) is 0 Å². The van der Waals surface area contributed by atoms with E-state index in [2.05, 4.69) is 15.3 Å². The second-order valence-corrected chi connectivity index (χ2v) is 6.41. The monoisotopic (exact) mass is 340 g/mol. The smallest absolute Gasteiger partial charge is 0.272 e. The molecule has 1 N–H and O–H groups in total. The van der Waals surface area contributed by atoms with Crippen LogP contribution in [0.4, 0.5) is 11.6 Å². The predicted molar refractivity (Wildman–Crippen MR) is 97.3 cm³/mol. The number of ether oxygens (including phenoxy) is 1. The van der Waals surface area contributed by atoms with Gasteiger partial charge >= 0.3 is 0 Å². The van der Waals surface area contributed by atoms with Crippen molar-refractivity contribution in [1.29, 1.82) is 0 Å². The molecule has 1 aromatic heterocycles. The number of nitrogens with zero attached hydrogens (tertiary/aromatic N) is 3. The van der Waals surface area contributed by atoms with Crippen LogP contribution in [0.2, 0.25) is 0 Å². The maximum atomic E-state index is 12.6. The maximum absolute atomic E-state index is 12.6. The topological polar surface area (TPSA) is 67.3 Å². The Morgan fingerprint density at radius 2 is 1.92 bits per heavy atom. The first-order chi connectivity index (χ1) is 12.1. The van der Waals surface area contributed by atoms with E-state index in [1.165, 1.54) is 6.42 Å². The molecule has 0 radical (unpaired) electrons. The molecule has 1 saturated heterocycles. The van der Waals surface area contributed by atoms with E-state index in [0.29, 0.717) is 11.6 Å². The number of para-hydroxylation sites is 2. The van der Waals surface area contributed by atoms with Gasteiger partial charge in [0.1, 0.15) is 11.4 Å². The van der Waals surface area contributed by atoms with Crippen LogP contribution in [0.5, 0.6) is 5.75 Å². The van der Waals surface area contributed by atoms with Gasteiger partial charge in [0.15, 0.2) is 0 Å². The highest BCUT2D eigenvalue weighted by molar-refractivity contribution is 5.92. The van der Waals surface area contributed by atoms with Crippen molar-refractivity contribution in [3.8, 4) is 5.75 Å². The number of carbonyl (C=O) groups excluding carboxylic acids is 1. The van der Waals surface area contributed by atoms with Crippen molar-refractivity contribution in [2.24, 2.45) is 0 Å².